The molecule has 5 heteroatoms. The minimum atomic E-state index is -0.175. The second kappa shape index (κ2) is 6.77. The highest BCUT2D eigenvalue weighted by Crippen LogP contribution is 2.24. The number of hydrogen-bond donors (Lipinski definition) is 1. The van der Waals surface area contributed by atoms with Crippen LogP contribution in [-0.2, 0) is 4.79 Å². The third-order valence-corrected chi connectivity index (χ3v) is 4.84. The molecule has 1 N–H and O–H groups in total. The van der Waals surface area contributed by atoms with Crippen LogP contribution in [0.1, 0.15) is 27.9 Å². The molecule has 1 atom stereocenters. The summed E-state index contributed by atoms with van der Waals surface area (Å²) in [4.78, 5) is 26.4. The summed E-state index contributed by atoms with van der Waals surface area (Å²) in [7, 11) is 0. The summed E-state index contributed by atoms with van der Waals surface area (Å²) < 4.78 is 0.856. The van der Waals surface area contributed by atoms with Gasteiger partial charge in [-0.25, -0.2) is 0 Å². The Kier molecular flexibility index (Phi) is 4.71. The lowest BCUT2D eigenvalue weighted by Crippen LogP contribution is -2.37. The number of anilines is 1. The van der Waals surface area contributed by atoms with E-state index < -0.39 is 0 Å². The van der Waals surface area contributed by atoms with Crippen molar-refractivity contribution in [2.75, 3.05) is 11.4 Å². The van der Waals surface area contributed by atoms with Crippen LogP contribution in [0.3, 0.4) is 0 Å². The number of rotatable bonds is 3. The van der Waals surface area contributed by atoms with E-state index in [4.69, 9.17) is 0 Å². The van der Waals surface area contributed by atoms with Crippen LogP contribution in [0.25, 0.3) is 0 Å². The number of carbonyl (C=O) groups is 2. The van der Waals surface area contributed by atoms with Gasteiger partial charge in [0.05, 0.1) is 6.04 Å². The molecular formula is C19H19BrN2O2. The van der Waals surface area contributed by atoms with Crippen LogP contribution in [0.15, 0.2) is 46.9 Å². The summed E-state index contributed by atoms with van der Waals surface area (Å²) >= 11 is 3.36. The first-order chi connectivity index (χ1) is 11.4. The standard InChI is InChI=1S/C19H19BrN2O2/c1-12-6-7-17(8-13(12)2)22-11-16(10-18(22)23)21-19(24)14-4-3-5-15(20)9-14/h3-9,16H,10-11H2,1-2H3,(H,21,24)/t16-/m1/s1. The van der Waals surface area contributed by atoms with Gasteiger partial charge in [0.25, 0.3) is 5.91 Å². The molecule has 1 aliphatic heterocycles. The lowest BCUT2D eigenvalue weighted by Gasteiger charge is -2.18. The first-order valence-corrected chi connectivity index (χ1v) is 8.67. The molecule has 4 nitrogen and oxygen atoms in total. The molecule has 0 unspecified atom stereocenters. The Bertz CT molecular complexity index is 804. The predicted molar refractivity (Wildman–Crippen MR) is 98.3 cm³/mol. The molecule has 1 aliphatic rings. The highest BCUT2D eigenvalue weighted by atomic mass is 79.9. The van der Waals surface area contributed by atoms with Gasteiger partial charge in [0.15, 0.2) is 0 Å². The van der Waals surface area contributed by atoms with Gasteiger partial charge in [-0.2, -0.15) is 0 Å². The fraction of sp³-hybridized carbons (Fsp3) is 0.263. The molecule has 2 aromatic carbocycles. The van der Waals surface area contributed by atoms with Gasteiger partial charge in [-0.15, -0.1) is 0 Å². The highest BCUT2D eigenvalue weighted by molar-refractivity contribution is 9.10. The Hall–Kier alpha value is -2.14. The van der Waals surface area contributed by atoms with E-state index in [2.05, 4.69) is 21.2 Å². The zero-order chi connectivity index (χ0) is 17.3. The fourth-order valence-corrected chi connectivity index (χ4v) is 3.24. The van der Waals surface area contributed by atoms with Crippen molar-refractivity contribution in [3.8, 4) is 0 Å². The van der Waals surface area contributed by atoms with E-state index in [9.17, 15) is 9.59 Å². The molecule has 2 amide bonds. The molecule has 0 aliphatic carbocycles. The Labute approximate surface area is 150 Å². The summed E-state index contributed by atoms with van der Waals surface area (Å²) in [5, 5.41) is 2.96. The largest absolute Gasteiger partial charge is 0.347 e. The molecule has 24 heavy (non-hydrogen) atoms. The average molecular weight is 387 g/mol. The number of nitrogens with one attached hydrogen (secondary N) is 1. The molecular weight excluding hydrogens is 368 g/mol. The lowest BCUT2D eigenvalue weighted by molar-refractivity contribution is -0.117. The maximum Gasteiger partial charge on any atom is 0.251 e. The quantitative estimate of drug-likeness (QED) is 0.875. The number of hydrogen-bond acceptors (Lipinski definition) is 2. The highest BCUT2D eigenvalue weighted by Gasteiger charge is 2.31. The van der Waals surface area contributed by atoms with Crippen molar-refractivity contribution in [1.82, 2.24) is 5.32 Å². The fourth-order valence-electron chi connectivity index (χ4n) is 2.85. The smallest absolute Gasteiger partial charge is 0.251 e. The van der Waals surface area contributed by atoms with Crippen LogP contribution in [0.2, 0.25) is 0 Å². The summed E-state index contributed by atoms with van der Waals surface area (Å²) in [5.74, 6) is -0.117. The molecule has 1 fully saturated rings. The Morgan fingerprint density at radius 3 is 2.67 bits per heavy atom. The summed E-state index contributed by atoms with van der Waals surface area (Å²) in [5.41, 5.74) is 3.83. The van der Waals surface area contributed by atoms with Crippen LogP contribution in [0, 0.1) is 13.8 Å². The van der Waals surface area contributed by atoms with Gasteiger partial charge in [-0.05, 0) is 55.3 Å². The number of halogens is 1. The van der Waals surface area contributed by atoms with E-state index in [1.54, 1.807) is 17.0 Å². The molecule has 0 bridgehead atoms. The number of aryl methyl sites for hydroxylation is 2. The molecule has 1 saturated heterocycles. The number of nitrogens with zero attached hydrogens (tertiary/aromatic N) is 1. The molecule has 0 saturated carbocycles. The summed E-state index contributed by atoms with van der Waals surface area (Å²) in [6.07, 6.45) is 0.326. The molecule has 0 spiro atoms. The van der Waals surface area contributed by atoms with Crippen molar-refractivity contribution in [3.63, 3.8) is 0 Å². The average Bonchev–Trinajstić information content (AvgIpc) is 2.90. The number of carbonyl (C=O) groups excluding carboxylic acids is 2. The zero-order valence-electron chi connectivity index (χ0n) is 13.7. The first kappa shape index (κ1) is 16.7. The topological polar surface area (TPSA) is 49.4 Å². The van der Waals surface area contributed by atoms with Crippen molar-refractivity contribution in [2.45, 2.75) is 26.3 Å². The SMILES string of the molecule is Cc1ccc(N2C[C@H](NC(=O)c3cccc(Br)c3)CC2=O)cc1C. The van der Waals surface area contributed by atoms with Gasteiger partial charge in [-0.3, -0.25) is 9.59 Å². The normalized spacial score (nSPS) is 17.2. The number of amides is 2. The minimum Gasteiger partial charge on any atom is -0.347 e. The van der Waals surface area contributed by atoms with Crippen molar-refractivity contribution in [1.29, 1.82) is 0 Å². The molecule has 3 rings (SSSR count). The van der Waals surface area contributed by atoms with Crippen molar-refractivity contribution < 1.29 is 9.59 Å². The van der Waals surface area contributed by atoms with Crippen LogP contribution in [0.5, 0.6) is 0 Å². The van der Waals surface area contributed by atoms with Crippen LogP contribution >= 0.6 is 15.9 Å². The van der Waals surface area contributed by atoms with Crippen molar-refractivity contribution in [3.05, 3.63) is 63.6 Å². The molecule has 1 heterocycles. The van der Waals surface area contributed by atoms with Gasteiger partial charge in [-0.1, -0.05) is 28.1 Å². The van der Waals surface area contributed by atoms with Crippen molar-refractivity contribution >= 4 is 33.4 Å². The maximum atomic E-state index is 12.3. The first-order valence-electron chi connectivity index (χ1n) is 7.88. The lowest BCUT2D eigenvalue weighted by atomic mass is 10.1. The van der Waals surface area contributed by atoms with Crippen LogP contribution in [-0.4, -0.2) is 24.4 Å². The second-order valence-electron chi connectivity index (χ2n) is 6.16. The molecule has 124 valence electrons. The maximum absolute atomic E-state index is 12.3. The van der Waals surface area contributed by atoms with Crippen molar-refractivity contribution in [2.24, 2.45) is 0 Å². The third kappa shape index (κ3) is 3.51. The van der Waals surface area contributed by atoms with Gasteiger partial charge in [0.1, 0.15) is 0 Å². The minimum absolute atomic E-state index is 0.0396. The zero-order valence-corrected chi connectivity index (χ0v) is 15.3. The molecule has 0 aromatic heterocycles. The van der Waals surface area contributed by atoms with E-state index in [1.807, 2.05) is 44.2 Å². The van der Waals surface area contributed by atoms with Crippen LogP contribution in [0.4, 0.5) is 5.69 Å². The Morgan fingerprint density at radius 1 is 1.17 bits per heavy atom. The summed E-state index contributed by atoms with van der Waals surface area (Å²) in [6, 6.07) is 13.0. The van der Waals surface area contributed by atoms with Gasteiger partial charge < -0.3 is 10.2 Å². The number of benzene rings is 2. The van der Waals surface area contributed by atoms with Gasteiger partial charge in [0.2, 0.25) is 5.91 Å². The van der Waals surface area contributed by atoms with E-state index in [0.29, 0.717) is 18.5 Å². The van der Waals surface area contributed by atoms with Crippen LogP contribution < -0.4 is 10.2 Å². The Morgan fingerprint density at radius 2 is 1.96 bits per heavy atom. The van der Waals surface area contributed by atoms with E-state index >= 15 is 0 Å². The van der Waals surface area contributed by atoms with Gasteiger partial charge >= 0.3 is 0 Å². The van der Waals surface area contributed by atoms with E-state index in [1.165, 1.54) is 5.56 Å². The van der Waals surface area contributed by atoms with Gasteiger partial charge in [0, 0.05) is 28.7 Å². The molecule has 0 radical (unpaired) electrons. The second-order valence-corrected chi connectivity index (χ2v) is 7.07. The molecule has 2 aromatic rings. The third-order valence-electron chi connectivity index (χ3n) is 4.35. The summed E-state index contributed by atoms with van der Waals surface area (Å²) in [6.45, 7) is 4.58. The van der Waals surface area contributed by atoms with E-state index in [0.717, 1.165) is 15.7 Å². The predicted octanol–water partition coefficient (Wildman–Crippen LogP) is 3.60. The Balaban J connectivity index is 1.70. The van der Waals surface area contributed by atoms with E-state index in [-0.39, 0.29) is 17.9 Å². The monoisotopic (exact) mass is 386 g/mol.